The first-order valence-electron chi connectivity index (χ1n) is 8.39. The first-order chi connectivity index (χ1) is 11.4. The maximum absolute atomic E-state index is 12.7. The van der Waals surface area contributed by atoms with Crippen LogP contribution in [0.5, 0.6) is 0 Å². The molecule has 1 atom stereocenters. The molecule has 2 N–H and O–H groups in total. The minimum Gasteiger partial charge on any atom is -0.342 e. The second kappa shape index (κ2) is 7.58. The predicted octanol–water partition coefficient (Wildman–Crippen LogP) is 0.911. The second-order valence-corrected chi connectivity index (χ2v) is 6.73. The van der Waals surface area contributed by atoms with Crippen molar-refractivity contribution in [3.05, 3.63) is 27.2 Å². The van der Waals surface area contributed by atoms with E-state index in [4.69, 9.17) is 0 Å². The number of nitrogens with one attached hydrogen (secondary N) is 2. The first-order valence-corrected chi connectivity index (χ1v) is 8.39. The van der Waals surface area contributed by atoms with E-state index in [-0.39, 0.29) is 23.9 Å². The fourth-order valence-electron chi connectivity index (χ4n) is 3.69. The van der Waals surface area contributed by atoms with Gasteiger partial charge in [0.1, 0.15) is 0 Å². The number of amides is 1. The summed E-state index contributed by atoms with van der Waals surface area (Å²) in [4.78, 5) is 31.3. The van der Waals surface area contributed by atoms with Gasteiger partial charge in [-0.1, -0.05) is 0 Å². The zero-order valence-corrected chi connectivity index (χ0v) is 16.0. The number of pyridine rings is 1. The Morgan fingerprint density at radius 2 is 2.12 bits per heavy atom. The highest BCUT2D eigenvalue weighted by Gasteiger charge is 2.27. The average molecular weight is 368 g/mol. The van der Waals surface area contributed by atoms with Crippen molar-refractivity contribution < 1.29 is 4.79 Å². The number of H-pyrrole nitrogens is 1. The molecule has 2 aromatic heterocycles. The van der Waals surface area contributed by atoms with Crippen LogP contribution in [0.25, 0.3) is 11.0 Å². The third kappa shape index (κ3) is 3.57. The summed E-state index contributed by atoms with van der Waals surface area (Å²) in [5.74, 6) is 0.645. The molecule has 0 saturated carbocycles. The van der Waals surface area contributed by atoms with Gasteiger partial charge in [0.25, 0.3) is 5.56 Å². The van der Waals surface area contributed by atoms with Crippen molar-refractivity contribution >= 4 is 29.3 Å². The second-order valence-electron chi connectivity index (χ2n) is 6.73. The highest BCUT2D eigenvalue weighted by Crippen LogP contribution is 2.22. The lowest BCUT2D eigenvalue weighted by atomic mass is 10.0. The summed E-state index contributed by atoms with van der Waals surface area (Å²) in [7, 11) is 3.71. The SMILES string of the molecule is CNCC1CCN(C(=O)Cc2c(C)nc3c(c2C)c(=O)[nH]n3C)C1.Cl. The Morgan fingerprint density at radius 3 is 2.80 bits per heavy atom. The van der Waals surface area contributed by atoms with E-state index >= 15 is 0 Å². The van der Waals surface area contributed by atoms with Gasteiger partial charge in [0.05, 0.1) is 11.8 Å². The van der Waals surface area contributed by atoms with Crippen molar-refractivity contribution in [1.82, 2.24) is 25.0 Å². The van der Waals surface area contributed by atoms with Gasteiger partial charge in [-0.2, -0.15) is 0 Å². The number of carbonyl (C=O) groups is 1. The van der Waals surface area contributed by atoms with E-state index < -0.39 is 0 Å². The zero-order valence-electron chi connectivity index (χ0n) is 15.2. The lowest BCUT2D eigenvalue weighted by Gasteiger charge is -2.18. The lowest BCUT2D eigenvalue weighted by molar-refractivity contribution is -0.129. The van der Waals surface area contributed by atoms with Crippen molar-refractivity contribution in [2.75, 3.05) is 26.7 Å². The van der Waals surface area contributed by atoms with E-state index in [1.54, 1.807) is 11.7 Å². The fourth-order valence-corrected chi connectivity index (χ4v) is 3.69. The van der Waals surface area contributed by atoms with Gasteiger partial charge in [-0.3, -0.25) is 19.4 Å². The van der Waals surface area contributed by atoms with Crippen molar-refractivity contribution in [2.24, 2.45) is 13.0 Å². The normalized spacial score (nSPS) is 17.1. The number of nitrogens with zero attached hydrogens (tertiary/aromatic N) is 3. The summed E-state index contributed by atoms with van der Waals surface area (Å²) in [5.41, 5.74) is 3.04. The fraction of sp³-hybridized carbons (Fsp3) is 0.588. The molecule has 0 aliphatic carbocycles. The molecule has 1 fully saturated rings. The molecule has 25 heavy (non-hydrogen) atoms. The molecule has 1 saturated heterocycles. The van der Waals surface area contributed by atoms with Gasteiger partial charge in [-0.05, 0) is 50.9 Å². The largest absolute Gasteiger partial charge is 0.342 e. The number of likely N-dealkylation sites (tertiary alicyclic amines) is 1. The lowest BCUT2D eigenvalue weighted by Crippen LogP contribution is -2.32. The minimum atomic E-state index is -0.151. The topological polar surface area (TPSA) is 83.0 Å². The molecule has 7 nitrogen and oxygen atoms in total. The van der Waals surface area contributed by atoms with E-state index in [1.165, 1.54) is 0 Å². The molecule has 2 aromatic rings. The van der Waals surface area contributed by atoms with Crippen LogP contribution in [0, 0.1) is 19.8 Å². The molecule has 138 valence electrons. The Morgan fingerprint density at radius 1 is 1.40 bits per heavy atom. The molecular weight excluding hydrogens is 342 g/mol. The van der Waals surface area contributed by atoms with E-state index in [9.17, 15) is 9.59 Å². The van der Waals surface area contributed by atoms with Crippen LogP contribution in [0.1, 0.15) is 23.2 Å². The number of rotatable bonds is 4. The van der Waals surface area contributed by atoms with E-state index in [0.29, 0.717) is 23.4 Å². The number of halogens is 1. The van der Waals surface area contributed by atoms with Crippen LogP contribution in [0.3, 0.4) is 0 Å². The number of aromatic nitrogens is 3. The molecule has 3 heterocycles. The molecule has 1 aliphatic rings. The Bertz CT molecular complexity index is 842. The summed E-state index contributed by atoms with van der Waals surface area (Å²) in [6.07, 6.45) is 1.35. The number of hydrogen-bond donors (Lipinski definition) is 2. The molecule has 1 unspecified atom stereocenters. The highest BCUT2D eigenvalue weighted by molar-refractivity contribution is 5.85. The van der Waals surface area contributed by atoms with Crippen molar-refractivity contribution in [1.29, 1.82) is 0 Å². The molecule has 0 bridgehead atoms. The third-order valence-electron chi connectivity index (χ3n) is 5.03. The average Bonchev–Trinajstić information content (AvgIpc) is 3.09. The van der Waals surface area contributed by atoms with Crippen LogP contribution in [0.4, 0.5) is 0 Å². The van der Waals surface area contributed by atoms with Gasteiger partial charge in [0.2, 0.25) is 5.91 Å². The van der Waals surface area contributed by atoms with Gasteiger partial charge in [0.15, 0.2) is 5.65 Å². The van der Waals surface area contributed by atoms with E-state index in [0.717, 1.165) is 42.9 Å². The van der Waals surface area contributed by atoms with Gasteiger partial charge in [-0.15, -0.1) is 12.4 Å². The first kappa shape index (κ1) is 19.5. The maximum Gasteiger partial charge on any atom is 0.273 e. The molecule has 0 radical (unpaired) electrons. The zero-order chi connectivity index (χ0) is 17.4. The quantitative estimate of drug-likeness (QED) is 0.841. The highest BCUT2D eigenvalue weighted by atomic mass is 35.5. The minimum absolute atomic E-state index is 0. The van der Waals surface area contributed by atoms with Crippen molar-refractivity contribution in [3.63, 3.8) is 0 Å². The Hall–Kier alpha value is -1.86. The summed E-state index contributed by atoms with van der Waals surface area (Å²) in [6, 6.07) is 0. The van der Waals surface area contributed by atoms with E-state index in [2.05, 4.69) is 15.4 Å². The molecule has 0 spiro atoms. The number of aryl methyl sites for hydroxylation is 3. The van der Waals surface area contributed by atoms with Gasteiger partial charge >= 0.3 is 0 Å². The van der Waals surface area contributed by atoms with Gasteiger partial charge in [-0.25, -0.2) is 4.98 Å². The molecule has 0 aromatic carbocycles. The number of aromatic amines is 1. The summed E-state index contributed by atoms with van der Waals surface area (Å²) >= 11 is 0. The molecule has 3 rings (SSSR count). The van der Waals surface area contributed by atoms with Crippen LogP contribution in [-0.4, -0.2) is 52.3 Å². The Balaban J connectivity index is 0.00000225. The Labute approximate surface area is 153 Å². The van der Waals surface area contributed by atoms with Crippen LogP contribution < -0.4 is 10.9 Å². The van der Waals surface area contributed by atoms with E-state index in [1.807, 2.05) is 25.8 Å². The number of fused-ring (bicyclic) bond motifs is 1. The smallest absolute Gasteiger partial charge is 0.273 e. The van der Waals surface area contributed by atoms with Gasteiger partial charge < -0.3 is 10.2 Å². The van der Waals surface area contributed by atoms with Crippen LogP contribution in [0.2, 0.25) is 0 Å². The third-order valence-corrected chi connectivity index (χ3v) is 5.03. The van der Waals surface area contributed by atoms with Crippen LogP contribution >= 0.6 is 12.4 Å². The molecule has 1 aliphatic heterocycles. The molecule has 1 amide bonds. The van der Waals surface area contributed by atoms with Crippen molar-refractivity contribution in [2.45, 2.75) is 26.7 Å². The molecular formula is C17H26ClN5O2. The van der Waals surface area contributed by atoms with Crippen molar-refractivity contribution in [3.8, 4) is 0 Å². The van der Waals surface area contributed by atoms with Gasteiger partial charge in [0, 0.05) is 25.8 Å². The number of hydrogen-bond acceptors (Lipinski definition) is 4. The summed E-state index contributed by atoms with van der Waals surface area (Å²) in [5, 5.41) is 6.50. The maximum atomic E-state index is 12.7. The predicted molar refractivity (Wildman–Crippen MR) is 100 cm³/mol. The van der Waals surface area contributed by atoms with Crippen LogP contribution in [-0.2, 0) is 18.3 Å². The van der Waals surface area contributed by atoms with Crippen LogP contribution in [0.15, 0.2) is 4.79 Å². The standard InChI is InChI=1S/C17H25N5O2.ClH/c1-10-13(7-14(23)22-6-5-12(9-22)8-18-3)11(2)19-16-15(10)17(24)20-21(16)4;/h12,18H,5-9H2,1-4H3,(H,20,24);1H. The summed E-state index contributed by atoms with van der Waals surface area (Å²) < 4.78 is 1.63. The molecule has 8 heteroatoms. The monoisotopic (exact) mass is 367 g/mol. The summed E-state index contributed by atoms with van der Waals surface area (Å²) in [6.45, 7) is 6.36. The number of carbonyl (C=O) groups excluding carboxylic acids is 1. The Kier molecular flexibility index (Phi) is 5.90.